The van der Waals surface area contributed by atoms with Crippen molar-refractivity contribution in [2.45, 2.75) is 37.6 Å². The maximum atomic E-state index is 12.5. The van der Waals surface area contributed by atoms with Gasteiger partial charge in [-0.2, -0.15) is 0 Å². The molecule has 0 aliphatic heterocycles. The number of rotatable bonds is 6. The van der Waals surface area contributed by atoms with Crippen LogP contribution >= 0.6 is 0 Å². The van der Waals surface area contributed by atoms with E-state index in [4.69, 9.17) is 5.11 Å². The predicted molar refractivity (Wildman–Crippen MR) is 88.9 cm³/mol. The monoisotopic (exact) mass is 359 g/mol. The third kappa shape index (κ3) is 3.68. The van der Waals surface area contributed by atoms with E-state index in [1.807, 2.05) is 0 Å². The molecule has 10 nitrogen and oxygen atoms in total. The van der Waals surface area contributed by atoms with Crippen LogP contribution in [0.4, 0.5) is 5.69 Å². The first-order valence-electron chi connectivity index (χ1n) is 8.10. The Morgan fingerprint density at radius 1 is 1.35 bits per heavy atom. The quantitative estimate of drug-likeness (QED) is 0.590. The third-order valence-electron chi connectivity index (χ3n) is 4.46. The zero-order chi connectivity index (χ0) is 18.7. The summed E-state index contributed by atoms with van der Waals surface area (Å²) >= 11 is 0. The van der Waals surface area contributed by atoms with Crippen LogP contribution in [-0.4, -0.2) is 42.4 Å². The highest BCUT2D eigenvalue weighted by Gasteiger charge is 2.38. The number of carboxylic acid groups (broad SMARTS) is 1. The van der Waals surface area contributed by atoms with Crippen molar-refractivity contribution in [1.29, 1.82) is 0 Å². The molecule has 10 heteroatoms. The Balaban J connectivity index is 1.79. The Labute approximate surface area is 148 Å². The Hall–Kier alpha value is -3.30. The molecule has 1 amide bonds. The molecule has 1 aliphatic rings. The molecule has 1 aromatic heterocycles. The second kappa shape index (κ2) is 6.90. The lowest BCUT2D eigenvalue weighted by Crippen LogP contribution is -2.47. The molecule has 0 spiro atoms. The van der Waals surface area contributed by atoms with Gasteiger partial charge in [0.25, 0.3) is 11.6 Å². The van der Waals surface area contributed by atoms with E-state index in [0.717, 1.165) is 12.8 Å². The molecule has 1 heterocycles. The van der Waals surface area contributed by atoms with Crippen LogP contribution < -0.4 is 5.32 Å². The molecule has 2 aromatic rings. The van der Waals surface area contributed by atoms with Crippen molar-refractivity contribution in [3.8, 4) is 5.69 Å². The van der Waals surface area contributed by atoms with Crippen LogP contribution in [0.2, 0.25) is 0 Å². The fourth-order valence-corrected chi connectivity index (χ4v) is 3.24. The Kier molecular flexibility index (Phi) is 4.65. The Bertz CT molecular complexity index is 856. The highest BCUT2D eigenvalue weighted by molar-refractivity contribution is 5.92. The number of nitro groups is 1. The average molecular weight is 359 g/mol. The zero-order valence-electron chi connectivity index (χ0n) is 13.8. The van der Waals surface area contributed by atoms with Crippen molar-refractivity contribution in [3.05, 3.63) is 46.3 Å². The van der Waals surface area contributed by atoms with Crippen LogP contribution in [0.3, 0.4) is 0 Å². The number of aliphatic carboxylic acids is 1. The minimum atomic E-state index is -0.965. The summed E-state index contributed by atoms with van der Waals surface area (Å²) in [4.78, 5) is 33.9. The van der Waals surface area contributed by atoms with Gasteiger partial charge in [-0.25, -0.2) is 4.68 Å². The Morgan fingerprint density at radius 2 is 2.08 bits per heavy atom. The summed E-state index contributed by atoms with van der Waals surface area (Å²) in [6.07, 6.45) is 4.13. The summed E-state index contributed by atoms with van der Waals surface area (Å²) in [5, 5.41) is 30.4. The molecular weight excluding hydrogens is 342 g/mol. The number of hydrogen-bond donors (Lipinski definition) is 2. The maximum absolute atomic E-state index is 12.5. The number of hydrogen-bond acceptors (Lipinski definition) is 6. The summed E-state index contributed by atoms with van der Waals surface area (Å²) in [5.41, 5.74) is -0.450. The van der Waals surface area contributed by atoms with Crippen LogP contribution in [0.25, 0.3) is 5.69 Å². The minimum absolute atomic E-state index is 0.0215. The molecule has 3 rings (SSSR count). The van der Waals surface area contributed by atoms with Gasteiger partial charge in [-0.15, -0.1) is 5.10 Å². The molecule has 26 heavy (non-hydrogen) atoms. The minimum Gasteiger partial charge on any atom is -0.481 e. The number of aromatic nitrogens is 3. The SMILES string of the molecule is O=C(O)CC1(NC(=O)c2cn(-c3cccc([N+](=O)[O-])c3)nn2)CCCC1. The van der Waals surface area contributed by atoms with Gasteiger partial charge in [0.15, 0.2) is 5.69 Å². The van der Waals surface area contributed by atoms with Crippen LogP contribution in [0, 0.1) is 10.1 Å². The van der Waals surface area contributed by atoms with Gasteiger partial charge in [-0.05, 0) is 18.9 Å². The normalized spacial score (nSPS) is 15.5. The fourth-order valence-electron chi connectivity index (χ4n) is 3.24. The lowest BCUT2D eigenvalue weighted by Gasteiger charge is -2.28. The number of amides is 1. The topological polar surface area (TPSA) is 140 Å². The number of carbonyl (C=O) groups is 2. The van der Waals surface area contributed by atoms with Gasteiger partial charge in [-0.1, -0.05) is 24.1 Å². The second-order valence-electron chi connectivity index (χ2n) is 6.34. The molecule has 0 atom stereocenters. The van der Waals surface area contributed by atoms with Gasteiger partial charge in [-0.3, -0.25) is 19.7 Å². The molecule has 2 N–H and O–H groups in total. The van der Waals surface area contributed by atoms with Crippen LogP contribution in [0.15, 0.2) is 30.5 Å². The largest absolute Gasteiger partial charge is 0.481 e. The van der Waals surface area contributed by atoms with E-state index < -0.39 is 22.3 Å². The smallest absolute Gasteiger partial charge is 0.305 e. The molecule has 0 bridgehead atoms. The van der Waals surface area contributed by atoms with E-state index in [1.165, 1.54) is 29.1 Å². The Morgan fingerprint density at radius 3 is 2.73 bits per heavy atom. The summed E-state index contributed by atoms with van der Waals surface area (Å²) in [5.74, 6) is -1.47. The summed E-state index contributed by atoms with van der Waals surface area (Å²) in [6, 6.07) is 5.78. The number of nitrogens with zero attached hydrogens (tertiary/aromatic N) is 4. The zero-order valence-corrected chi connectivity index (χ0v) is 13.8. The van der Waals surface area contributed by atoms with E-state index in [2.05, 4.69) is 15.6 Å². The van der Waals surface area contributed by atoms with Crippen molar-refractivity contribution >= 4 is 17.6 Å². The van der Waals surface area contributed by atoms with Crippen molar-refractivity contribution in [2.24, 2.45) is 0 Å². The molecule has 1 fully saturated rings. The molecule has 0 saturated heterocycles. The second-order valence-corrected chi connectivity index (χ2v) is 6.34. The van der Waals surface area contributed by atoms with Gasteiger partial charge in [0.2, 0.25) is 0 Å². The van der Waals surface area contributed by atoms with E-state index >= 15 is 0 Å². The van der Waals surface area contributed by atoms with Crippen molar-refractivity contribution in [2.75, 3.05) is 0 Å². The standard InChI is InChI=1S/C16H17N5O5/c22-14(23)9-16(6-1-2-7-16)17-15(24)13-10-20(19-18-13)11-4-3-5-12(8-11)21(25)26/h3-5,8,10H,1-2,6-7,9H2,(H,17,24)(H,22,23). The molecule has 1 aromatic carbocycles. The number of nitro benzene ring substituents is 1. The highest BCUT2D eigenvalue weighted by atomic mass is 16.6. The van der Waals surface area contributed by atoms with E-state index in [9.17, 15) is 19.7 Å². The average Bonchev–Trinajstić information content (AvgIpc) is 3.24. The highest BCUT2D eigenvalue weighted by Crippen LogP contribution is 2.32. The molecule has 1 aliphatic carbocycles. The summed E-state index contributed by atoms with van der Waals surface area (Å²) in [7, 11) is 0. The lowest BCUT2D eigenvalue weighted by atomic mass is 9.93. The van der Waals surface area contributed by atoms with Crippen LogP contribution in [0.5, 0.6) is 0 Å². The summed E-state index contributed by atoms with van der Waals surface area (Å²) in [6.45, 7) is 0. The van der Waals surface area contributed by atoms with Gasteiger partial charge >= 0.3 is 5.97 Å². The lowest BCUT2D eigenvalue weighted by molar-refractivity contribution is -0.384. The molecule has 0 unspecified atom stereocenters. The van der Waals surface area contributed by atoms with Crippen molar-refractivity contribution in [1.82, 2.24) is 20.3 Å². The van der Waals surface area contributed by atoms with Gasteiger partial charge in [0.05, 0.1) is 28.8 Å². The number of benzene rings is 1. The third-order valence-corrected chi connectivity index (χ3v) is 4.46. The van der Waals surface area contributed by atoms with Crippen LogP contribution in [0.1, 0.15) is 42.6 Å². The van der Waals surface area contributed by atoms with E-state index in [-0.39, 0.29) is 17.8 Å². The van der Waals surface area contributed by atoms with Crippen molar-refractivity contribution < 1.29 is 19.6 Å². The maximum Gasteiger partial charge on any atom is 0.305 e. The number of carboxylic acids is 1. The molecule has 0 radical (unpaired) electrons. The summed E-state index contributed by atoms with van der Waals surface area (Å²) < 4.78 is 1.26. The van der Waals surface area contributed by atoms with Gasteiger partial charge in [0, 0.05) is 12.1 Å². The number of non-ortho nitro benzene ring substituents is 1. The molecule has 1 saturated carbocycles. The molecule has 136 valence electrons. The first-order chi connectivity index (χ1) is 12.4. The fraction of sp³-hybridized carbons (Fsp3) is 0.375. The number of carbonyl (C=O) groups excluding carboxylic acids is 1. The van der Waals surface area contributed by atoms with E-state index in [0.29, 0.717) is 18.5 Å². The van der Waals surface area contributed by atoms with Gasteiger partial charge < -0.3 is 10.4 Å². The predicted octanol–water partition coefficient (Wildman–Crippen LogP) is 1.69. The van der Waals surface area contributed by atoms with Gasteiger partial charge in [0.1, 0.15) is 0 Å². The number of nitrogens with one attached hydrogen (secondary N) is 1. The molecular formula is C16H17N5O5. The van der Waals surface area contributed by atoms with E-state index in [1.54, 1.807) is 6.07 Å². The first-order valence-corrected chi connectivity index (χ1v) is 8.10. The van der Waals surface area contributed by atoms with Crippen molar-refractivity contribution in [3.63, 3.8) is 0 Å². The first kappa shape index (κ1) is 17.5. The van der Waals surface area contributed by atoms with Crippen LogP contribution in [-0.2, 0) is 4.79 Å².